The van der Waals surface area contributed by atoms with Gasteiger partial charge in [-0.15, -0.1) is 0 Å². The summed E-state index contributed by atoms with van der Waals surface area (Å²) in [6.45, 7) is 2.49. The lowest BCUT2D eigenvalue weighted by atomic mass is 9.86. The minimum atomic E-state index is -3.67. The van der Waals surface area contributed by atoms with E-state index in [-0.39, 0.29) is 24.0 Å². The number of fused-ring (bicyclic) bond motifs is 1. The maximum Gasteiger partial charge on any atom is 0.243 e. The van der Waals surface area contributed by atoms with E-state index in [9.17, 15) is 13.5 Å². The molecule has 0 heterocycles. The molecule has 0 amide bonds. The lowest BCUT2D eigenvalue weighted by Gasteiger charge is -2.30. The number of rotatable bonds is 5. The van der Waals surface area contributed by atoms with Crippen molar-refractivity contribution in [2.24, 2.45) is 11.3 Å². The molecule has 0 unspecified atom stereocenters. The van der Waals surface area contributed by atoms with Crippen molar-refractivity contribution in [3.8, 4) is 11.8 Å². The van der Waals surface area contributed by atoms with Gasteiger partial charge in [-0.2, -0.15) is 4.31 Å². The van der Waals surface area contributed by atoms with Crippen molar-refractivity contribution < 1.29 is 13.5 Å². The first-order valence-corrected chi connectivity index (χ1v) is 12.5. The van der Waals surface area contributed by atoms with Crippen molar-refractivity contribution in [3.05, 3.63) is 64.1 Å². The van der Waals surface area contributed by atoms with Crippen LogP contribution in [0, 0.1) is 30.1 Å². The molecule has 2 aromatic carbocycles. The number of benzene rings is 2. The molecule has 4 rings (SSSR count). The number of hydrogen-bond acceptors (Lipinski definition) is 3. The standard InChI is InChI=1S/C24H26BrNO3S/c1-18-6-12-21(13-7-18)30(28,29)26(15-3-4-19-8-10-20(25)11-9-19)17-24-14-2-5-23(27)22(24)16-24/h6-13,22-23,27H,2,5,14-17H2,1H3/t22-,23-,24-/m1/s1. The molecule has 0 saturated heterocycles. The first-order chi connectivity index (χ1) is 14.3. The molecule has 0 radical (unpaired) electrons. The van der Waals surface area contributed by atoms with Gasteiger partial charge in [0.25, 0.3) is 0 Å². The van der Waals surface area contributed by atoms with Gasteiger partial charge < -0.3 is 5.11 Å². The summed E-state index contributed by atoms with van der Waals surface area (Å²) < 4.78 is 29.4. The molecular formula is C24H26BrNO3S. The van der Waals surface area contributed by atoms with Gasteiger partial charge in [-0.05, 0) is 73.9 Å². The van der Waals surface area contributed by atoms with E-state index < -0.39 is 10.0 Å². The summed E-state index contributed by atoms with van der Waals surface area (Å²) in [6, 6.07) is 14.6. The lowest BCUT2D eigenvalue weighted by Crippen LogP contribution is -2.39. The van der Waals surface area contributed by atoms with Crippen LogP contribution in [-0.2, 0) is 10.0 Å². The maximum atomic E-state index is 13.4. The predicted octanol–water partition coefficient (Wildman–Crippen LogP) is 4.35. The minimum absolute atomic E-state index is 0.102. The highest BCUT2D eigenvalue weighted by atomic mass is 79.9. The quantitative estimate of drug-likeness (QED) is 0.637. The van der Waals surface area contributed by atoms with Crippen molar-refractivity contribution in [1.82, 2.24) is 4.31 Å². The van der Waals surface area contributed by atoms with Crippen molar-refractivity contribution >= 4 is 26.0 Å². The van der Waals surface area contributed by atoms with Crippen molar-refractivity contribution in [2.45, 2.75) is 43.6 Å². The van der Waals surface area contributed by atoms with Crippen LogP contribution in [0.25, 0.3) is 0 Å². The van der Waals surface area contributed by atoms with E-state index in [2.05, 4.69) is 27.8 Å². The molecule has 1 N–H and O–H groups in total. The third-order valence-electron chi connectivity index (χ3n) is 6.37. The molecule has 4 nitrogen and oxygen atoms in total. The minimum Gasteiger partial charge on any atom is -0.393 e. The van der Waals surface area contributed by atoms with Crippen LogP contribution in [0.5, 0.6) is 0 Å². The van der Waals surface area contributed by atoms with Gasteiger partial charge >= 0.3 is 0 Å². The van der Waals surface area contributed by atoms with Crippen LogP contribution in [0.2, 0.25) is 0 Å². The Morgan fingerprint density at radius 3 is 2.57 bits per heavy atom. The Balaban J connectivity index is 1.60. The molecule has 2 aromatic rings. The third-order valence-corrected chi connectivity index (χ3v) is 8.71. The molecule has 0 aromatic heterocycles. The Hall–Kier alpha value is -1.65. The van der Waals surface area contributed by atoms with Crippen molar-refractivity contribution in [2.75, 3.05) is 13.1 Å². The monoisotopic (exact) mass is 487 g/mol. The molecule has 3 atom stereocenters. The Bertz CT molecular complexity index is 1070. The van der Waals surface area contributed by atoms with Crippen molar-refractivity contribution in [3.63, 3.8) is 0 Å². The van der Waals surface area contributed by atoms with Gasteiger partial charge in [0.05, 0.1) is 17.5 Å². The predicted molar refractivity (Wildman–Crippen MR) is 121 cm³/mol. The Morgan fingerprint density at radius 1 is 1.17 bits per heavy atom. The number of hydrogen-bond donors (Lipinski definition) is 1. The zero-order valence-electron chi connectivity index (χ0n) is 17.0. The van der Waals surface area contributed by atoms with E-state index in [0.29, 0.717) is 11.4 Å². The summed E-state index contributed by atoms with van der Waals surface area (Å²) in [6.07, 6.45) is 3.32. The molecule has 0 spiro atoms. The molecule has 2 aliphatic rings. The first kappa shape index (κ1) is 21.6. The van der Waals surface area contributed by atoms with Crippen LogP contribution in [0.4, 0.5) is 0 Å². The van der Waals surface area contributed by atoms with E-state index in [1.165, 1.54) is 4.31 Å². The van der Waals surface area contributed by atoms with Crippen molar-refractivity contribution in [1.29, 1.82) is 0 Å². The maximum absolute atomic E-state index is 13.4. The topological polar surface area (TPSA) is 57.6 Å². The SMILES string of the molecule is Cc1ccc(S(=O)(=O)N(CC#Cc2ccc(Br)cc2)C[C@]23CCC[C@@H](O)[C@H]2C3)cc1. The van der Waals surface area contributed by atoms with Crippen LogP contribution < -0.4 is 0 Å². The fourth-order valence-corrected chi connectivity index (χ4v) is 6.24. The van der Waals surface area contributed by atoms with Crippen LogP contribution in [-0.4, -0.2) is 37.0 Å². The fourth-order valence-electron chi connectivity index (χ4n) is 4.54. The second kappa shape index (κ2) is 8.47. The number of sulfonamides is 1. The van der Waals surface area contributed by atoms with E-state index in [0.717, 1.165) is 41.3 Å². The Morgan fingerprint density at radius 2 is 1.87 bits per heavy atom. The first-order valence-electron chi connectivity index (χ1n) is 10.3. The van der Waals surface area contributed by atoms with Crippen LogP contribution in [0.3, 0.4) is 0 Å². The lowest BCUT2D eigenvalue weighted by molar-refractivity contribution is 0.0874. The van der Waals surface area contributed by atoms with Gasteiger partial charge in [0.2, 0.25) is 10.0 Å². The molecule has 30 heavy (non-hydrogen) atoms. The molecular weight excluding hydrogens is 462 g/mol. The molecule has 6 heteroatoms. The largest absolute Gasteiger partial charge is 0.393 e. The van der Waals surface area contributed by atoms with Crippen LogP contribution in [0.1, 0.15) is 36.8 Å². The molecule has 0 bridgehead atoms. The summed E-state index contributed by atoms with van der Waals surface area (Å²) in [5.41, 5.74) is 1.77. The number of aliphatic hydroxyl groups is 1. The highest BCUT2D eigenvalue weighted by Crippen LogP contribution is 2.61. The highest BCUT2D eigenvalue weighted by molar-refractivity contribution is 9.10. The number of aryl methyl sites for hydroxylation is 1. The van der Waals surface area contributed by atoms with Gasteiger partial charge in [0, 0.05) is 16.6 Å². The summed E-state index contributed by atoms with van der Waals surface area (Å²) in [4.78, 5) is 0.295. The van der Waals surface area contributed by atoms with Gasteiger partial charge in [-0.3, -0.25) is 0 Å². The zero-order valence-corrected chi connectivity index (χ0v) is 19.4. The fraction of sp³-hybridized carbons (Fsp3) is 0.417. The number of nitrogens with zero attached hydrogens (tertiary/aromatic N) is 1. The number of halogens is 1. The highest BCUT2D eigenvalue weighted by Gasteiger charge is 2.59. The smallest absolute Gasteiger partial charge is 0.243 e. The van der Waals surface area contributed by atoms with Gasteiger partial charge in [0.1, 0.15) is 0 Å². The van der Waals surface area contributed by atoms with Gasteiger partial charge in [-0.25, -0.2) is 8.42 Å². The second-order valence-electron chi connectivity index (χ2n) is 8.53. The molecule has 2 fully saturated rings. The Kier molecular flexibility index (Phi) is 6.09. The summed E-state index contributed by atoms with van der Waals surface area (Å²) >= 11 is 3.41. The van der Waals surface area contributed by atoms with Crippen LogP contribution in [0.15, 0.2) is 57.9 Å². The van der Waals surface area contributed by atoms with E-state index in [1.807, 2.05) is 43.3 Å². The Labute approximate surface area is 187 Å². The van der Waals surface area contributed by atoms with Gasteiger partial charge in [-0.1, -0.05) is 51.9 Å². The molecule has 2 saturated carbocycles. The average Bonchev–Trinajstić information content (AvgIpc) is 3.45. The second-order valence-corrected chi connectivity index (χ2v) is 11.4. The zero-order chi connectivity index (χ0) is 21.4. The van der Waals surface area contributed by atoms with E-state index >= 15 is 0 Å². The normalized spacial score (nSPS) is 25.3. The molecule has 158 valence electrons. The van der Waals surface area contributed by atoms with Crippen LogP contribution >= 0.6 is 15.9 Å². The number of aliphatic hydroxyl groups excluding tert-OH is 1. The summed E-state index contributed by atoms with van der Waals surface area (Å²) in [5, 5.41) is 10.3. The van der Waals surface area contributed by atoms with E-state index in [1.54, 1.807) is 12.1 Å². The summed E-state index contributed by atoms with van der Waals surface area (Å²) in [5.74, 6) is 6.35. The molecule has 2 aliphatic carbocycles. The summed E-state index contributed by atoms with van der Waals surface area (Å²) in [7, 11) is -3.67. The molecule has 0 aliphatic heterocycles. The third kappa shape index (κ3) is 4.50. The average molecular weight is 488 g/mol. The van der Waals surface area contributed by atoms with E-state index in [4.69, 9.17) is 0 Å². The van der Waals surface area contributed by atoms with Gasteiger partial charge in [0.15, 0.2) is 0 Å².